The zero-order valence-electron chi connectivity index (χ0n) is 21.4. The van der Waals surface area contributed by atoms with Crippen molar-refractivity contribution < 1.29 is 17.6 Å². The van der Waals surface area contributed by atoms with Gasteiger partial charge in [0.25, 0.3) is 5.91 Å². The van der Waals surface area contributed by atoms with Gasteiger partial charge in [-0.15, -0.1) is 0 Å². The fraction of sp³-hybridized carbons (Fsp3) is 0.286. The van der Waals surface area contributed by atoms with Crippen molar-refractivity contribution in [1.82, 2.24) is 14.5 Å². The van der Waals surface area contributed by atoms with E-state index in [2.05, 4.69) is 4.98 Å². The minimum atomic E-state index is -3.76. The lowest BCUT2D eigenvalue weighted by Gasteiger charge is -2.24. The first-order chi connectivity index (χ1) is 18.0. The summed E-state index contributed by atoms with van der Waals surface area (Å²) in [5, 5.41) is 0.629. The maximum Gasteiger partial charge on any atom is 0.256 e. The Balaban J connectivity index is 1.71. The van der Waals surface area contributed by atoms with Crippen molar-refractivity contribution in [2.75, 3.05) is 0 Å². The van der Waals surface area contributed by atoms with Crippen molar-refractivity contribution in [3.05, 3.63) is 105 Å². The molecule has 1 amide bonds. The molecule has 2 heterocycles. The number of hydrogen-bond acceptors (Lipinski definition) is 5. The van der Waals surface area contributed by atoms with Crippen LogP contribution in [0.15, 0.2) is 76.6 Å². The second kappa shape index (κ2) is 11.8. The molecule has 2 aromatic carbocycles. The van der Waals surface area contributed by atoms with Crippen LogP contribution in [-0.4, -0.2) is 28.8 Å². The van der Waals surface area contributed by atoms with E-state index >= 15 is 0 Å². The molecular weight excluding hydrogens is 545 g/mol. The van der Waals surface area contributed by atoms with Crippen molar-refractivity contribution >= 4 is 38.9 Å². The van der Waals surface area contributed by atoms with Crippen LogP contribution in [-0.2, 0) is 35.2 Å². The quantitative estimate of drug-likeness (QED) is 0.214. The molecule has 0 atom stereocenters. The highest BCUT2D eigenvalue weighted by Crippen LogP contribution is 2.26. The largest absolute Gasteiger partial charge is 0.467 e. The highest BCUT2D eigenvalue weighted by molar-refractivity contribution is 7.90. The van der Waals surface area contributed by atoms with Crippen LogP contribution in [0.5, 0.6) is 0 Å². The maximum atomic E-state index is 13.6. The van der Waals surface area contributed by atoms with E-state index in [1.807, 2.05) is 39.0 Å². The number of sulfone groups is 1. The molecule has 200 valence electrons. The number of carbonyl (C=O) groups excluding carboxylic acids is 1. The Kier molecular flexibility index (Phi) is 8.65. The van der Waals surface area contributed by atoms with Gasteiger partial charge >= 0.3 is 0 Å². The Morgan fingerprint density at radius 1 is 1.08 bits per heavy atom. The monoisotopic (exact) mass is 573 g/mol. The van der Waals surface area contributed by atoms with Crippen LogP contribution in [0.25, 0.3) is 0 Å². The Labute approximate surface area is 232 Å². The van der Waals surface area contributed by atoms with E-state index in [9.17, 15) is 13.2 Å². The molecular formula is C28H29Cl2N3O4S. The summed E-state index contributed by atoms with van der Waals surface area (Å²) in [4.78, 5) is 19.5. The number of benzene rings is 2. The lowest BCUT2D eigenvalue weighted by Crippen LogP contribution is -2.31. The molecule has 0 spiro atoms. The number of nitrogens with zero attached hydrogens (tertiary/aromatic N) is 3. The average molecular weight is 575 g/mol. The molecule has 0 fully saturated rings. The van der Waals surface area contributed by atoms with Crippen molar-refractivity contribution in [2.24, 2.45) is 5.92 Å². The van der Waals surface area contributed by atoms with Gasteiger partial charge < -0.3 is 13.9 Å². The molecule has 0 aliphatic carbocycles. The van der Waals surface area contributed by atoms with Crippen LogP contribution >= 0.6 is 23.2 Å². The van der Waals surface area contributed by atoms with E-state index < -0.39 is 9.84 Å². The highest BCUT2D eigenvalue weighted by Gasteiger charge is 2.27. The number of rotatable bonds is 10. The molecule has 0 bridgehead atoms. The SMILES string of the molecule is Cc1cccc(CS(=O)(=O)c2ncc(CN(Cc3ccco3)C(=O)c3ccc(Cl)cc3Cl)n2CC(C)C)c1. The van der Waals surface area contributed by atoms with Gasteiger partial charge in [0.05, 0.1) is 47.6 Å². The summed E-state index contributed by atoms with van der Waals surface area (Å²) in [5.41, 5.74) is 2.55. The van der Waals surface area contributed by atoms with E-state index in [-0.39, 0.29) is 46.4 Å². The molecule has 0 aliphatic heterocycles. The maximum absolute atomic E-state index is 13.6. The fourth-order valence-electron chi connectivity index (χ4n) is 4.23. The van der Waals surface area contributed by atoms with Gasteiger partial charge in [0.15, 0.2) is 0 Å². The molecule has 4 rings (SSSR count). The molecule has 0 radical (unpaired) electrons. The van der Waals surface area contributed by atoms with Crippen molar-refractivity contribution in [3.63, 3.8) is 0 Å². The van der Waals surface area contributed by atoms with E-state index in [0.717, 1.165) is 5.56 Å². The average Bonchev–Trinajstić information content (AvgIpc) is 3.48. The minimum absolute atomic E-state index is 0.0161. The number of amides is 1. The van der Waals surface area contributed by atoms with Gasteiger partial charge in [-0.2, -0.15) is 0 Å². The lowest BCUT2D eigenvalue weighted by molar-refractivity contribution is 0.0713. The normalized spacial score (nSPS) is 11.7. The number of hydrogen-bond donors (Lipinski definition) is 0. The first kappa shape index (κ1) is 28.0. The van der Waals surface area contributed by atoms with Crippen molar-refractivity contribution in [1.29, 1.82) is 0 Å². The Bertz CT molecular complexity index is 1530. The highest BCUT2D eigenvalue weighted by atomic mass is 35.5. The lowest BCUT2D eigenvalue weighted by atomic mass is 10.2. The van der Waals surface area contributed by atoms with Crippen LogP contribution in [0.1, 0.15) is 46.8 Å². The number of furan rings is 1. The number of carbonyl (C=O) groups is 1. The van der Waals surface area contributed by atoms with Gasteiger partial charge in [-0.1, -0.05) is 66.9 Å². The molecule has 0 saturated carbocycles. The van der Waals surface area contributed by atoms with Gasteiger partial charge in [0.1, 0.15) is 5.76 Å². The Morgan fingerprint density at radius 2 is 1.87 bits per heavy atom. The van der Waals surface area contributed by atoms with E-state index in [1.54, 1.807) is 39.8 Å². The van der Waals surface area contributed by atoms with Crippen LogP contribution in [0.4, 0.5) is 0 Å². The van der Waals surface area contributed by atoms with Gasteiger partial charge in [-0.3, -0.25) is 4.79 Å². The van der Waals surface area contributed by atoms with E-state index in [1.165, 1.54) is 18.5 Å². The van der Waals surface area contributed by atoms with Crippen LogP contribution < -0.4 is 0 Å². The number of aromatic nitrogens is 2. The molecule has 0 aliphatic rings. The van der Waals surface area contributed by atoms with Gasteiger partial charge in [-0.25, -0.2) is 13.4 Å². The molecule has 2 aromatic heterocycles. The minimum Gasteiger partial charge on any atom is -0.467 e. The third-order valence-electron chi connectivity index (χ3n) is 5.90. The van der Waals surface area contributed by atoms with Gasteiger partial charge in [0.2, 0.25) is 15.0 Å². The molecule has 7 nitrogen and oxygen atoms in total. The summed E-state index contributed by atoms with van der Waals surface area (Å²) in [6.07, 6.45) is 3.06. The summed E-state index contributed by atoms with van der Waals surface area (Å²) in [5.74, 6) is 0.199. The smallest absolute Gasteiger partial charge is 0.256 e. The van der Waals surface area contributed by atoms with Crippen molar-refractivity contribution in [2.45, 2.75) is 51.3 Å². The third-order valence-corrected chi connectivity index (χ3v) is 8.04. The van der Waals surface area contributed by atoms with Crippen LogP contribution in [0, 0.1) is 12.8 Å². The summed E-state index contributed by atoms with van der Waals surface area (Å²) in [6, 6.07) is 15.6. The molecule has 4 aromatic rings. The van der Waals surface area contributed by atoms with Crippen molar-refractivity contribution in [3.8, 4) is 0 Å². The first-order valence-electron chi connectivity index (χ1n) is 12.1. The summed E-state index contributed by atoms with van der Waals surface area (Å²) >= 11 is 12.4. The fourth-order valence-corrected chi connectivity index (χ4v) is 6.21. The van der Waals surface area contributed by atoms with Crippen LogP contribution in [0.2, 0.25) is 10.0 Å². The number of imidazole rings is 1. The standard InChI is InChI=1S/C28H29Cl2N3O4S/c1-19(2)15-33-23(14-31-28(33)38(35,36)18-21-7-4-6-20(3)12-21)16-32(17-24-8-5-11-37-24)27(34)25-10-9-22(29)13-26(25)30/h4-14,19H,15-18H2,1-3H3. The Hall–Kier alpha value is -3.07. The third kappa shape index (κ3) is 6.67. The summed E-state index contributed by atoms with van der Waals surface area (Å²) in [7, 11) is -3.76. The second-order valence-corrected chi connectivity index (χ2v) is 12.4. The van der Waals surface area contributed by atoms with Gasteiger partial charge in [-0.05, 0) is 48.7 Å². The predicted octanol–water partition coefficient (Wildman–Crippen LogP) is 6.56. The van der Waals surface area contributed by atoms with E-state index in [4.69, 9.17) is 27.6 Å². The zero-order valence-corrected chi connectivity index (χ0v) is 23.7. The Morgan fingerprint density at radius 3 is 2.53 bits per heavy atom. The second-order valence-electron chi connectivity index (χ2n) is 9.65. The topological polar surface area (TPSA) is 85.4 Å². The number of halogens is 2. The molecule has 0 N–H and O–H groups in total. The summed E-state index contributed by atoms with van der Waals surface area (Å²) < 4.78 is 34.2. The molecule has 10 heteroatoms. The first-order valence-corrected chi connectivity index (χ1v) is 14.5. The number of aryl methyl sites for hydroxylation is 1. The molecule has 0 unspecified atom stereocenters. The predicted molar refractivity (Wildman–Crippen MR) is 148 cm³/mol. The zero-order chi connectivity index (χ0) is 27.4. The van der Waals surface area contributed by atoms with E-state index in [0.29, 0.717) is 28.6 Å². The van der Waals surface area contributed by atoms with Crippen LogP contribution in [0.3, 0.4) is 0 Å². The molecule has 38 heavy (non-hydrogen) atoms. The molecule has 0 saturated heterocycles. The van der Waals surface area contributed by atoms with Gasteiger partial charge in [0, 0.05) is 11.6 Å². The summed E-state index contributed by atoms with van der Waals surface area (Å²) in [6.45, 7) is 6.59.